The first kappa shape index (κ1) is 13.4. The maximum atomic E-state index is 6.26. The van der Waals surface area contributed by atoms with Gasteiger partial charge in [-0.1, -0.05) is 30.3 Å². The summed E-state index contributed by atoms with van der Waals surface area (Å²) in [6.07, 6.45) is 2.68. The Bertz CT molecular complexity index is 793. The smallest absolute Gasteiger partial charge is 0.158 e. The van der Waals surface area contributed by atoms with Crippen LogP contribution in [0, 0.1) is 0 Å². The Morgan fingerprint density at radius 1 is 1.09 bits per heavy atom. The molecule has 112 valence electrons. The zero-order chi connectivity index (χ0) is 14.9. The van der Waals surface area contributed by atoms with E-state index in [1.54, 1.807) is 6.26 Å². The second-order valence-electron chi connectivity index (χ2n) is 5.95. The first-order valence-corrected chi connectivity index (χ1v) is 7.70. The topological polar surface area (TPSA) is 25.6 Å². The van der Waals surface area contributed by atoms with Gasteiger partial charge in [-0.3, -0.25) is 0 Å². The number of benzene rings is 2. The van der Waals surface area contributed by atoms with Crippen molar-refractivity contribution in [3.8, 4) is 5.75 Å². The summed E-state index contributed by atoms with van der Waals surface area (Å²) in [7, 11) is 2.13. The quantitative estimate of drug-likeness (QED) is 0.701. The van der Waals surface area contributed by atoms with Crippen LogP contribution >= 0.6 is 0 Å². The highest BCUT2D eigenvalue weighted by atomic mass is 16.5. The van der Waals surface area contributed by atoms with Crippen molar-refractivity contribution in [3.05, 3.63) is 66.1 Å². The van der Waals surface area contributed by atoms with Crippen LogP contribution in [0.1, 0.15) is 23.8 Å². The molecule has 3 aromatic rings. The van der Waals surface area contributed by atoms with Crippen LogP contribution in [-0.2, 0) is 6.54 Å². The zero-order valence-electron chi connectivity index (χ0n) is 12.7. The maximum absolute atomic E-state index is 6.26. The Labute approximate surface area is 130 Å². The second kappa shape index (κ2) is 5.50. The third-order valence-corrected chi connectivity index (χ3v) is 4.29. The van der Waals surface area contributed by atoms with Crippen molar-refractivity contribution in [3.63, 3.8) is 0 Å². The molecule has 1 aliphatic heterocycles. The number of hydrogen-bond acceptors (Lipinski definition) is 3. The van der Waals surface area contributed by atoms with E-state index in [0.29, 0.717) is 0 Å². The number of hydrogen-bond donors (Lipinski definition) is 0. The number of ether oxygens (including phenoxy) is 1. The Kier molecular flexibility index (Phi) is 3.35. The van der Waals surface area contributed by atoms with E-state index in [1.807, 2.05) is 12.1 Å². The van der Waals surface area contributed by atoms with Gasteiger partial charge < -0.3 is 14.1 Å². The van der Waals surface area contributed by atoms with Crippen LogP contribution in [0.3, 0.4) is 0 Å². The van der Waals surface area contributed by atoms with E-state index in [2.05, 4.69) is 48.3 Å². The number of nitrogens with zero attached hydrogens (tertiary/aromatic N) is 1. The van der Waals surface area contributed by atoms with Crippen molar-refractivity contribution >= 4 is 10.8 Å². The van der Waals surface area contributed by atoms with Crippen LogP contribution < -0.4 is 4.74 Å². The third-order valence-electron chi connectivity index (χ3n) is 4.29. The van der Waals surface area contributed by atoms with Gasteiger partial charge in [0, 0.05) is 25.1 Å². The molecule has 0 N–H and O–H groups in total. The minimum atomic E-state index is -0.0175. The fourth-order valence-corrected chi connectivity index (χ4v) is 3.12. The van der Waals surface area contributed by atoms with Crippen LogP contribution in [0.5, 0.6) is 5.75 Å². The summed E-state index contributed by atoms with van der Waals surface area (Å²) in [6, 6.07) is 16.6. The molecule has 3 heteroatoms. The fourth-order valence-electron chi connectivity index (χ4n) is 3.12. The SMILES string of the molecule is CN1CCC(Oc2ccc3ccccc3c2)c2occc2C1. The van der Waals surface area contributed by atoms with Gasteiger partial charge in [0.15, 0.2) is 6.10 Å². The minimum Gasteiger partial charge on any atom is -0.482 e. The molecule has 0 amide bonds. The van der Waals surface area contributed by atoms with Crippen LogP contribution in [-0.4, -0.2) is 18.5 Å². The van der Waals surface area contributed by atoms with Gasteiger partial charge in [-0.15, -0.1) is 0 Å². The van der Waals surface area contributed by atoms with Crippen molar-refractivity contribution < 1.29 is 9.15 Å². The molecule has 0 aliphatic carbocycles. The van der Waals surface area contributed by atoms with E-state index in [1.165, 1.54) is 16.3 Å². The van der Waals surface area contributed by atoms with E-state index in [0.717, 1.165) is 31.0 Å². The van der Waals surface area contributed by atoms with E-state index < -0.39 is 0 Å². The molecule has 1 atom stereocenters. The summed E-state index contributed by atoms with van der Waals surface area (Å²) in [5.41, 5.74) is 1.23. The number of fused-ring (bicyclic) bond motifs is 2. The highest BCUT2D eigenvalue weighted by molar-refractivity contribution is 5.83. The Morgan fingerprint density at radius 3 is 2.86 bits per heavy atom. The Balaban J connectivity index is 1.64. The first-order chi connectivity index (χ1) is 10.8. The van der Waals surface area contributed by atoms with Gasteiger partial charge in [0.05, 0.1) is 6.26 Å². The number of rotatable bonds is 2. The monoisotopic (exact) mass is 293 g/mol. The normalized spacial score (nSPS) is 18.9. The molecule has 2 aromatic carbocycles. The molecular formula is C19H19NO2. The predicted octanol–water partition coefficient (Wildman–Crippen LogP) is 4.39. The highest BCUT2D eigenvalue weighted by Crippen LogP contribution is 2.32. The average molecular weight is 293 g/mol. The van der Waals surface area contributed by atoms with Crippen molar-refractivity contribution in [2.24, 2.45) is 0 Å². The largest absolute Gasteiger partial charge is 0.482 e. The third kappa shape index (κ3) is 2.48. The van der Waals surface area contributed by atoms with Crippen LogP contribution in [0.15, 0.2) is 59.2 Å². The standard InChI is InChI=1S/C19H19NO2/c1-20-10-8-18(19-16(13-20)9-11-21-19)22-17-7-6-14-4-2-3-5-15(14)12-17/h2-7,9,11-12,18H,8,10,13H2,1H3. The summed E-state index contributed by atoms with van der Waals surface area (Å²) >= 11 is 0. The van der Waals surface area contributed by atoms with Gasteiger partial charge in [0.2, 0.25) is 0 Å². The van der Waals surface area contributed by atoms with Crippen LogP contribution in [0.2, 0.25) is 0 Å². The molecule has 2 heterocycles. The summed E-state index contributed by atoms with van der Waals surface area (Å²) < 4.78 is 12.0. The molecule has 0 saturated heterocycles. The molecule has 22 heavy (non-hydrogen) atoms. The van der Waals surface area contributed by atoms with Gasteiger partial charge in [-0.2, -0.15) is 0 Å². The molecule has 0 radical (unpaired) electrons. The van der Waals surface area contributed by atoms with Gasteiger partial charge in [-0.25, -0.2) is 0 Å². The lowest BCUT2D eigenvalue weighted by Gasteiger charge is -2.17. The van der Waals surface area contributed by atoms with Crippen molar-refractivity contribution in [2.45, 2.75) is 19.1 Å². The highest BCUT2D eigenvalue weighted by Gasteiger charge is 2.25. The molecule has 4 rings (SSSR count). The lowest BCUT2D eigenvalue weighted by molar-refractivity contribution is 0.159. The summed E-state index contributed by atoms with van der Waals surface area (Å²) in [5.74, 6) is 1.87. The van der Waals surface area contributed by atoms with E-state index in [4.69, 9.17) is 9.15 Å². The Hall–Kier alpha value is -2.26. The van der Waals surface area contributed by atoms with Crippen LogP contribution in [0.4, 0.5) is 0 Å². The maximum Gasteiger partial charge on any atom is 0.158 e. The zero-order valence-corrected chi connectivity index (χ0v) is 12.7. The molecule has 3 nitrogen and oxygen atoms in total. The molecule has 0 saturated carbocycles. The van der Waals surface area contributed by atoms with Gasteiger partial charge in [0.1, 0.15) is 11.5 Å². The van der Waals surface area contributed by atoms with Crippen molar-refractivity contribution in [1.82, 2.24) is 4.90 Å². The van der Waals surface area contributed by atoms with Crippen LogP contribution in [0.25, 0.3) is 10.8 Å². The van der Waals surface area contributed by atoms with Crippen molar-refractivity contribution in [1.29, 1.82) is 0 Å². The lowest BCUT2D eigenvalue weighted by Crippen LogP contribution is -2.18. The van der Waals surface area contributed by atoms with Gasteiger partial charge >= 0.3 is 0 Å². The number of furan rings is 1. The molecule has 1 unspecified atom stereocenters. The average Bonchev–Trinajstić information content (AvgIpc) is 2.93. The summed E-state index contributed by atoms with van der Waals surface area (Å²) in [4.78, 5) is 2.30. The molecular weight excluding hydrogens is 274 g/mol. The van der Waals surface area contributed by atoms with Crippen molar-refractivity contribution in [2.75, 3.05) is 13.6 Å². The second-order valence-corrected chi connectivity index (χ2v) is 5.95. The van der Waals surface area contributed by atoms with Gasteiger partial charge in [0.25, 0.3) is 0 Å². The summed E-state index contributed by atoms with van der Waals surface area (Å²) in [6.45, 7) is 1.92. The first-order valence-electron chi connectivity index (χ1n) is 7.70. The van der Waals surface area contributed by atoms with Gasteiger partial charge in [-0.05, 0) is 36.0 Å². The molecule has 1 aliphatic rings. The molecule has 0 fully saturated rings. The van der Waals surface area contributed by atoms with E-state index >= 15 is 0 Å². The fraction of sp³-hybridized carbons (Fsp3) is 0.263. The van der Waals surface area contributed by atoms with E-state index in [-0.39, 0.29) is 6.10 Å². The predicted molar refractivity (Wildman–Crippen MR) is 87.0 cm³/mol. The van der Waals surface area contributed by atoms with E-state index in [9.17, 15) is 0 Å². The molecule has 0 spiro atoms. The lowest BCUT2D eigenvalue weighted by atomic mass is 10.1. The Morgan fingerprint density at radius 2 is 1.95 bits per heavy atom. The minimum absolute atomic E-state index is 0.0175. The summed E-state index contributed by atoms with van der Waals surface area (Å²) in [5, 5.41) is 2.43. The molecule has 1 aromatic heterocycles. The molecule has 0 bridgehead atoms.